The van der Waals surface area contributed by atoms with E-state index in [2.05, 4.69) is 25.9 Å². The molecule has 8 heteroatoms. The maximum Gasteiger partial charge on any atom is 0.255 e. The molecule has 2 aromatic heterocycles. The number of aromatic nitrogens is 2. The minimum absolute atomic E-state index is 0.135. The molecule has 6 nitrogen and oxygen atoms in total. The fourth-order valence-corrected chi connectivity index (χ4v) is 3.62. The van der Waals surface area contributed by atoms with Crippen LogP contribution in [-0.2, 0) is 0 Å². The Morgan fingerprint density at radius 2 is 1.40 bits per heavy atom. The van der Waals surface area contributed by atoms with Crippen molar-refractivity contribution in [3.05, 3.63) is 115 Å². The Hall–Kier alpha value is -4.85. The maximum absolute atomic E-state index is 14.4. The molecule has 0 saturated heterocycles. The molecule has 172 valence electrons. The van der Waals surface area contributed by atoms with Gasteiger partial charge in [-0.2, -0.15) is 0 Å². The minimum atomic E-state index is -0.582. The molecule has 0 unspecified atom stereocenters. The quantitative estimate of drug-likeness (QED) is 0.261. The summed E-state index contributed by atoms with van der Waals surface area (Å²) in [6.07, 6.45) is 4.95. The lowest BCUT2D eigenvalue weighted by molar-refractivity contribution is 0.102. The van der Waals surface area contributed by atoms with Gasteiger partial charge >= 0.3 is 0 Å². The number of rotatable bonds is 6. The maximum atomic E-state index is 14.4. The summed E-state index contributed by atoms with van der Waals surface area (Å²) in [5.41, 5.74) is 3.91. The molecule has 5 rings (SSSR count). The van der Waals surface area contributed by atoms with Crippen LogP contribution >= 0.6 is 0 Å². The molecule has 0 atom stereocenters. The van der Waals surface area contributed by atoms with Crippen molar-refractivity contribution in [2.24, 2.45) is 0 Å². The molecule has 35 heavy (non-hydrogen) atoms. The largest absolute Gasteiger partial charge is 0.355 e. The standard InChI is InChI=1S/C27H19F2N5O/c28-18-1-6-25-24(16-18)26(9-12-31-25)33-23-14-17(13-19(29)15-23)27(35)34-21-4-2-20(3-5-21)32-22-7-10-30-11-8-22/h1-16H,(H,30,32)(H,31,33)(H,34,35). The average Bonchev–Trinajstić information content (AvgIpc) is 2.86. The van der Waals surface area contributed by atoms with Crippen LogP contribution in [0, 0.1) is 11.6 Å². The van der Waals surface area contributed by atoms with Gasteiger partial charge in [0.2, 0.25) is 0 Å². The first kappa shape index (κ1) is 22.0. The molecule has 3 N–H and O–H groups in total. The summed E-state index contributed by atoms with van der Waals surface area (Å²) in [7, 11) is 0. The Labute approximate surface area is 199 Å². The van der Waals surface area contributed by atoms with Gasteiger partial charge in [-0.15, -0.1) is 0 Å². The van der Waals surface area contributed by atoms with E-state index in [-0.39, 0.29) is 5.56 Å². The number of carbonyl (C=O) groups is 1. The number of pyridine rings is 2. The fraction of sp³-hybridized carbons (Fsp3) is 0. The van der Waals surface area contributed by atoms with Crippen molar-refractivity contribution in [2.75, 3.05) is 16.0 Å². The van der Waals surface area contributed by atoms with Crippen molar-refractivity contribution < 1.29 is 13.6 Å². The van der Waals surface area contributed by atoms with Gasteiger partial charge in [0.1, 0.15) is 11.6 Å². The summed E-state index contributed by atoms with van der Waals surface area (Å²) in [5.74, 6) is -1.45. The van der Waals surface area contributed by atoms with Gasteiger partial charge in [0, 0.05) is 58.0 Å². The predicted octanol–water partition coefficient (Wildman–Crippen LogP) is 6.65. The zero-order chi connectivity index (χ0) is 24.2. The second-order valence-electron chi connectivity index (χ2n) is 7.77. The summed E-state index contributed by atoms with van der Waals surface area (Å²) in [6.45, 7) is 0. The van der Waals surface area contributed by atoms with Gasteiger partial charge in [0.15, 0.2) is 0 Å². The van der Waals surface area contributed by atoms with Gasteiger partial charge in [-0.1, -0.05) is 0 Å². The first-order chi connectivity index (χ1) is 17.0. The Morgan fingerprint density at radius 3 is 2.20 bits per heavy atom. The predicted molar refractivity (Wildman–Crippen MR) is 133 cm³/mol. The van der Waals surface area contributed by atoms with Gasteiger partial charge in [-0.3, -0.25) is 14.8 Å². The Bertz CT molecular complexity index is 1510. The average molecular weight is 467 g/mol. The number of nitrogens with zero attached hydrogens (tertiary/aromatic N) is 2. The van der Waals surface area contributed by atoms with Crippen LogP contribution in [0.5, 0.6) is 0 Å². The third kappa shape index (κ3) is 5.22. The third-order valence-electron chi connectivity index (χ3n) is 5.25. The zero-order valence-corrected chi connectivity index (χ0v) is 18.3. The number of halogens is 2. The van der Waals surface area contributed by atoms with Crippen LogP contribution < -0.4 is 16.0 Å². The van der Waals surface area contributed by atoms with Crippen LogP contribution in [0.25, 0.3) is 10.9 Å². The first-order valence-corrected chi connectivity index (χ1v) is 10.7. The molecule has 3 aromatic carbocycles. The molecule has 0 saturated carbocycles. The van der Waals surface area contributed by atoms with Crippen molar-refractivity contribution in [3.8, 4) is 0 Å². The molecule has 5 aromatic rings. The summed E-state index contributed by atoms with van der Waals surface area (Å²) >= 11 is 0. The number of nitrogens with one attached hydrogen (secondary N) is 3. The second kappa shape index (κ2) is 9.56. The highest BCUT2D eigenvalue weighted by atomic mass is 19.1. The van der Waals surface area contributed by atoms with Gasteiger partial charge in [-0.05, 0) is 78.9 Å². The molecule has 0 fully saturated rings. The van der Waals surface area contributed by atoms with E-state index >= 15 is 0 Å². The summed E-state index contributed by atoms with van der Waals surface area (Å²) in [6, 6.07) is 20.7. The van der Waals surface area contributed by atoms with Gasteiger partial charge in [0.05, 0.1) is 5.52 Å². The molecule has 0 radical (unpaired) electrons. The molecule has 0 bridgehead atoms. The van der Waals surface area contributed by atoms with Crippen LogP contribution in [0.4, 0.5) is 37.2 Å². The van der Waals surface area contributed by atoms with E-state index in [1.807, 2.05) is 24.3 Å². The highest BCUT2D eigenvalue weighted by Gasteiger charge is 2.11. The van der Waals surface area contributed by atoms with E-state index in [0.717, 1.165) is 17.4 Å². The SMILES string of the molecule is O=C(Nc1ccc(Nc2ccncc2)cc1)c1cc(F)cc(Nc2ccnc3ccc(F)cc23)c1. The summed E-state index contributed by atoms with van der Waals surface area (Å²) < 4.78 is 28.1. The van der Waals surface area contributed by atoms with Crippen LogP contribution in [0.3, 0.4) is 0 Å². The van der Waals surface area contributed by atoms with E-state index in [4.69, 9.17) is 0 Å². The lowest BCUT2D eigenvalue weighted by atomic mass is 10.1. The van der Waals surface area contributed by atoms with Gasteiger partial charge in [0.25, 0.3) is 5.91 Å². The highest BCUT2D eigenvalue weighted by molar-refractivity contribution is 6.05. The van der Waals surface area contributed by atoms with E-state index in [1.54, 1.807) is 42.9 Å². The van der Waals surface area contributed by atoms with Crippen molar-refractivity contribution in [3.63, 3.8) is 0 Å². The highest BCUT2D eigenvalue weighted by Crippen LogP contribution is 2.27. The third-order valence-corrected chi connectivity index (χ3v) is 5.25. The first-order valence-electron chi connectivity index (χ1n) is 10.7. The summed E-state index contributed by atoms with van der Waals surface area (Å²) in [4.78, 5) is 21.0. The molecule has 2 heterocycles. The number of carbonyl (C=O) groups excluding carboxylic acids is 1. The van der Waals surface area contributed by atoms with Crippen molar-refractivity contribution >= 4 is 45.2 Å². The van der Waals surface area contributed by atoms with E-state index in [1.165, 1.54) is 24.3 Å². The number of anilines is 5. The van der Waals surface area contributed by atoms with Crippen LogP contribution in [0.1, 0.15) is 10.4 Å². The molecule has 0 aliphatic rings. The van der Waals surface area contributed by atoms with Crippen LogP contribution in [0.15, 0.2) is 97.5 Å². The lowest BCUT2D eigenvalue weighted by Gasteiger charge is -2.12. The Balaban J connectivity index is 1.32. The minimum Gasteiger partial charge on any atom is -0.355 e. The van der Waals surface area contributed by atoms with E-state index in [0.29, 0.717) is 28.0 Å². The normalized spacial score (nSPS) is 10.7. The number of amides is 1. The number of hydrogen-bond donors (Lipinski definition) is 3. The number of hydrogen-bond acceptors (Lipinski definition) is 5. The van der Waals surface area contributed by atoms with Crippen LogP contribution in [-0.4, -0.2) is 15.9 Å². The van der Waals surface area contributed by atoms with Crippen molar-refractivity contribution in [1.29, 1.82) is 0 Å². The second-order valence-corrected chi connectivity index (χ2v) is 7.77. The number of benzene rings is 3. The molecule has 0 aliphatic carbocycles. The number of fused-ring (bicyclic) bond motifs is 1. The zero-order valence-electron chi connectivity index (χ0n) is 18.3. The van der Waals surface area contributed by atoms with Crippen molar-refractivity contribution in [2.45, 2.75) is 0 Å². The fourth-order valence-electron chi connectivity index (χ4n) is 3.62. The molecule has 1 amide bonds. The lowest BCUT2D eigenvalue weighted by Crippen LogP contribution is -2.12. The summed E-state index contributed by atoms with van der Waals surface area (Å²) in [5, 5.41) is 9.62. The molecular formula is C27H19F2N5O. The molecule has 0 aliphatic heterocycles. The van der Waals surface area contributed by atoms with Crippen molar-refractivity contribution in [1.82, 2.24) is 9.97 Å². The molecular weight excluding hydrogens is 448 g/mol. The van der Waals surface area contributed by atoms with E-state index in [9.17, 15) is 13.6 Å². The smallest absolute Gasteiger partial charge is 0.255 e. The van der Waals surface area contributed by atoms with Gasteiger partial charge < -0.3 is 16.0 Å². The Morgan fingerprint density at radius 1 is 0.657 bits per heavy atom. The Kier molecular flexibility index (Phi) is 6.00. The van der Waals surface area contributed by atoms with E-state index < -0.39 is 17.5 Å². The molecule has 0 spiro atoms. The van der Waals surface area contributed by atoms with Gasteiger partial charge in [-0.25, -0.2) is 8.78 Å². The van der Waals surface area contributed by atoms with Crippen LogP contribution in [0.2, 0.25) is 0 Å². The topological polar surface area (TPSA) is 78.9 Å². The monoisotopic (exact) mass is 467 g/mol.